The highest BCUT2D eigenvalue weighted by Crippen LogP contribution is 2.34. The van der Waals surface area contributed by atoms with Crippen molar-refractivity contribution in [1.29, 1.82) is 0 Å². The number of phenolic OH excluding ortho intramolecular Hbond substituents is 1. The molecule has 1 aliphatic heterocycles. The quantitative estimate of drug-likeness (QED) is 0.479. The minimum absolute atomic E-state index is 0.145. The number of aliphatic imine (C=N–C) groups is 1. The molecule has 0 bridgehead atoms. The standard InChI is InChI=1S/C22H36N4O3/c1-3-23-21(24-16-18-7-8-20(28-2)19(27)15-18)25-17-22(9-5-4-6-10-22)26-11-13-29-14-12-26/h7-8,15,27H,3-6,9-14,16-17H2,1-2H3,(H2,23,24,25). The summed E-state index contributed by atoms with van der Waals surface area (Å²) in [7, 11) is 1.55. The molecule has 0 radical (unpaired) electrons. The van der Waals surface area contributed by atoms with E-state index in [-0.39, 0.29) is 11.3 Å². The monoisotopic (exact) mass is 404 g/mol. The van der Waals surface area contributed by atoms with Crippen molar-refractivity contribution in [3.05, 3.63) is 23.8 Å². The lowest BCUT2D eigenvalue weighted by atomic mass is 9.80. The molecular formula is C22H36N4O3. The number of hydrogen-bond donors (Lipinski definition) is 3. The first-order valence-electron chi connectivity index (χ1n) is 10.9. The number of nitrogens with zero attached hydrogens (tertiary/aromatic N) is 2. The number of aromatic hydroxyl groups is 1. The Morgan fingerprint density at radius 1 is 1.21 bits per heavy atom. The fourth-order valence-corrected chi connectivity index (χ4v) is 4.45. The average molecular weight is 405 g/mol. The predicted octanol–water partition coefficient (Wildman–Crippen LogP) is 2.49. The molecule has 7 nitrogen and oxygen atoms in total. The molecule has 3 N–H and O–H groups in total. The molecule has 0 unspecified atom stereocenters. The van der Waals surface area contributed by atoms with E-state index in [4.69, 9.17) is 14.5 Å². The zero-order valence-electron chi connectivity index (χ0n) is 17.9. The van der Waals surface area contributed by atoms with E-state index < -0.39 is 0 Å². The van der Waals surface area contributed by atoms with Gasteiger partial charge in [0.2, 0.25) is 0 Å². The molecule has 1 aromatic carbocycles. The van der Waals surface area contributed by atoms with Gasteiger partial charge < -0.3 is 25.2 Å². The third-order valence-electron chi connectivity index (χ3n) is 6.06. The van der Waals surface area contributed by atoms with Gasteiger partial charge in [-0.15, -0.1) is 0 Å². The molecule has 0 atom stereocenters. The molecule has 162 valence electrons. The Morgan fingerprint density at radius 2 is 1.97 bits per heavy atom. The van der Waals surface area contributed by atoms with Gasteiger partial charge in [-0.2, -0.15) is 0 Å². The van der Waals surface area contributed by atoms with Crippen LogP contribution in [0.2, 0.25) is 0 Å². The van der Waals surface area contributed by atoms with Crippen molar-refractivity contribution >= 4 is 5.96 Å². The second-order valence-electron chi connectivity index (χ2n) is 7.94. The molecular weight excluding hydrogens is 368 g/mol. The van der Waals surface area contributed by atoms with Crippen LogP contribution in [0.5, 0.6) is 11.5 Å². The Kier molecular flexibility index (Phi) is 8.00. The number of benzene rings is 1. The number of nitrogens with one attached hydrogen (secondary N) is 2. The number of ether oxygens (including phenoxy) is 2. The molecule has 0 amide bonds. The van der Waals surface area contributed by atoms with Gasteiger partial charge in [0.15, 0.2) is 17.5 Å². The molecule has 1 heterocycles. The first-order chi connectivity index (χ1) is 14.2. The van der Waals surface area contributed by atoms with E-state index in [1.165, 1.54) is 32.1 Å². The highest BCUT2D eigenvalue weighted by Gasteiger charge is 2.38. The summed E-state index contributed by atoms with van der Waals surface area (Å²) in [5.74, 6) is 1.44. The minimum Gasteiger partial charge on any atom is -0.504 e. The van der Waals surface area contributed by atoms with Crippen molar-refractivity contribution in [3.8, 4) is 11.5 Å². The van der Waals surface area contributed by atoms with E-state index >= 15 is 0 Å². The third-order valence-corrected chi connectivity index (χ3v) is 6.06. The van der Waals surface area contributed by atoms with Gasteiger partial charge in [-0.05, 0) is 37.5 Å². The van der Waals surface area contributed by atoms with Gasteiger partial charge in [0.25, 0.3) is 0 Å². The number of rotatable bonds is 7. The van der Waals surface area contributed by atoms with Crippen LogP contribution in [0.1, 0.15) is 44.6 Å². The predicted molar refractivity (Wildman–Crippen MR) is 116 cm³/mol. The van der Waals surface area contributed by atoms with Crippen molar-refractivity contribution in [2.45, 2.75) is 51.1 Å². The largest absolute Gasteiger partial charge is 0.504 e. The van der Waals surface area contributed by atoms with Gasteiger partial charge in [0.1, 0.15) is 0 Å². The fourth-order valence-electron chi connectivity index (χ4n) is 4.45. The second kappa shape index (κ2) is 10.7. The molecule has 7 heteroatoms. The lowest BCUT2D eigenvalue weighted by Crippen LogP contribution is -2.60. The van der Waals surface area contributed by atoms with E-state index in [9.17, 15) is 5.11 Å². The van der Waals surface area contributed by atoms with Gasteiger partial charge in [0.05, 0.1) is 26.9 Å². The summed E-state index contributed by atoms with van der Waals surface area (Å²) in [5, 5.41) is 17.0. The van der Waals surface area contributed by atoms with Crippen LogP contribution in [-0.2, 0) is 11.3 Å². The lowest BCUT2D eigenvalue weighted by molar-refractivity contribution is -0.0352. The molecule has 0 spiro atoms. The topological polar surface area (TPSA) is 78.4 Å². The smallest absolute Gasteiger partial charge is 0.191 e. The highest BCUT2D eigenvalue weighted by atomic mass is 16.5. The van der Waals surface area contributed by atoms with E-state index in [2.05, 4.69) is 22.5 Å². The van der Waals surface area contributed by atoms with Crippen LogP contribution in [0.3, 0.4) is 0 Å². The molecule has 1 aromatic rings. The maximum absolute atomic E-state index is 9.99. The summed E-state index contributed by atoms with van der Waals surface area (Å²) >= 11 is 0. The first kappa shape index (κ1) is 21.7. The number of hydrogen-bond acceptors (Lipinski definition) is 5. The third kappa shape index (κ3) is 5.76. The summed E-state index contributed by atoms with van der Waals surface area (Å²) in [5.41, 5.74) is 1.14. The Bertz CT molecular complexity index is 668. The maximum atomic E-state index is 9.99. The Labute approximate surface area is 174 Å². The molecule has 2 fully saturated rings. The summed E-state index contributed by atoms with van der Waals surface area (Å²) in [6, 6.07) is 5.42. The molecule has 1 aliphatic carbocycles. The zero-order chi connectivity index (χ0) is 20.5. The van der Waals surface area contributed by atoms with Crippen molar-refractivity contribution in [3.63, 3.8) is 0 Å². The number of methoxy groups -OCH3 is 1. The van der Waals surface area contributed by atoms with Crippen molar-refractivity contribution in [2.75, 3.05) is 46.5 Å². The highest BCUT2D eigenvalue weighted by molar-refractivity contribution is 5.79. The molecule has 29 heavy (non-hydrogen) atoms. The van der Waals surface area contributed by atoms with Crippen molar-refractivity contribution < 1.29 is 14.6 Å². The number of morpholine rings is 1. The van der Waals surface area contributed by atoms with Gasteiger partial charge in [-0.25, -0.2) is 4.99 Å². The fraction of sp³-hybridized carbons (Fsp3) is 0.682. The summed E-state index contributed by atoms with van der Waals surface area (Å²) in [4.78, 5) is 7.37. The molecule has 1 saturated heterocycles. The van der Waals surface area contributed by atoms with E-state index in [1.54, 1.807) is 19.2 Å². The van der Waals surface area contributed by atoms with Crippen LogP contribution >= 0.6 is 0 Å². The zero-order valence-corrected chi connectivity index (χ0v) is 17.9. The van der Waals surface area contributed by atoms with Gasteiger partial charge in [-0.3, -0.25) is 4.90 Å². The lowest BCUT2D eigenvalue weighted by Gasteiger charge is -2.48. The van der Waals surface area contributed by atoms with Crippen molar-refractivity contribution in [2.24, 2.45) is 4.99 Å². The van der Waals surface area contributed by atoms with Crippen LogP contribution in [0.25, 0.3) is 0 Å². The summed E-state index contributed by atoms with van der Waals surface area (Å²) < 4.78 is 10.7. The molecule has 3 rings (SSSR count). The Balaban J connectivity index is 1.66. The van der Waals surface area contributed by atoms with Gasteiger partial charge in [-0.1, -0.05) is 25.3 Å². The van der Waals surface area contributed by atoms with E-state index in [0.29, 0.717) is 12.3 Å². The van der Waals surface area contributed by atoms with Crippen LogP contribution in [-0.4, -0.2) is 68.0 Å². The van der Waals surface area contributed by atoms with Gasteiger partial charge >= 0.3 is 0 Å². The second-order valence-corrected chi connectivity index (χ2v) is 7.94. The van der Waals surface area contributed by atoms with E-state index in [1.807, 2.05) is 6.07 Å². The molecule has 1 saturated carbocycles. The van der Waals surface area contributed by atoms with Gasteiger partial charge in [0, 0.05) is 31.7 Å². The SMILES string of the molecule is CCNC(=NCc1ccc(OC)c(O)c1)NCC1(N2CCOCC2)CCCCC1. The van der Waals surface area contributed by atoms with Crippen LogP contribution in [0, 0.1) is 0 Å². The van der Waals surface area contributed by atoms with Crippen LogP contribution in [0.15, 0.2) is 23.2 Å². The minimum atomic E-state index is 0.145. The Morgan fingerprint density at radius 3 is 2.62 bits per heavy atom. The molecule has 0 aromatic heterocycles. The molecule has 2 aliphatic rings. The van der Waals surface area contributed by atoms with E-state index in [0.717, 1.165) is 50.9 Å². The maximum Gasteiger partial charge on any atom is 0.191 e. The van der Waals surface area contributed by atoms with Crippen molar-refractivity contribution in [1.82, 2.24) is 15.5 Å². The average Bonchev–Trinajstić information content (AvgIpc) is 2.77. The Hall–Kier alpha value is -1.99. The summed E-state index contributed by atoms with van der Waals surface area (Å²) in [6.45, 7) is 7.97. The number of guanidine groups is 1. The van der Waals surface area contributed by atoms with Crippen LogP contribution < -0.4 is 15.4 Å². The summed E-state index contributed by atoms with van der Waals surface area (Å²) in [6.07, 6.45) is 6.37. The normalized spacial score (nSPS) is 20.3. The first-order valence-corrected chi connectivity index (χ1v) is 10.9. The number of phenols is 1. The van der Waals surface area contributed by atoms with Crippen LogP contribution in [0.4, 0.5) is 0 Å².